The predicted octanol–water partition coefficient (Wildman–Crippen LogP) is 2.63. The van der Waals surface area contributed by atoms with Crippen LogP contribution in [0.3, 0.4) is 0 Å². The smallest absolute Gasteiger partial charge is 0.228 e. The summed E-state index contributed by atoms with van der Waals surface area (Å²) in [6, 6.07) is 10.5. The number of halogens is 1. The van der Waals surface area contributed by atoms with Gasteiger partial charge in [-0.1, -0.05) is 17.7 Å². The fourth-order valence-corrected chi connectivity index (χ4v) is 2.82. The lowest BCUT2D eigenvalue weighted by atomic mass is 10.2. The Morgan fingerprint density at radius 3 is 2.72 bits per heavy atom. The van der Waals surface area contributed by atoms with Crippen LogP contribution in [0.1, 0.15) is 12.1 Å². The molecule has 2 atom stereocenters. The third-order valence-electron chi connectivity index (χ3n) is 4.05. The molecule has 1 saturated carbocycles. The van der Waals surface area contributed by atoms with Crippen LogP contribution in [0.25, 0.3) is 0 Å². The average molecular weight is 360 g/mol. The third-order valence-corrected chi connectivity index (χ3v) is 4.35. The van der Waals surface area contributed by atoms with Gasteiger partial charge in [-0.3, -0.25) is 14.6 Å². The molecule has 1 aromatic heterocycles. The van der Waals surface area contributed by atoms with E-state index in [1.165, 1.54) is 7.11 Å². The Labute approximate surface area is 150 Å². The molecule has 2 N–H and O–H groups in total. The first-order valence-electron chi connectivity index (χ1n) is 7.90. The first-order valence-corrected chi connectivity index (χ1v) is 8.28. The molecule has 3 rings (SSSR count). The molecular weight excluding hydrogens is 342 g/mol. The van der Waals surface area contributed by atoms with Gasteiger partial charge in [0.2, 0.25) is 11.8 Å². The number of nitrogens with one attached hydrogen (secondary N) is 2. The Balaban J connectivity index is 1.50. The number of hydrogen-bond acceptors (Lipinski definition) is 4. The number of pyridine rings is 1. The van der Waals surface area contributed by atoms with E-state index in [1.807, 2.05) is 18.2 Å². The number of carbonyl (C=O) groups excluding carboxylic acids is 2. The van der Waals surface area contributed by atoms with Crippen LogP contribution in [0, 0.1) is 11.8 Å². The number of ether oxygens (including phenoxy) is 1. The van der Waals surface area contributed by atoms with E-state index in [0.717, 1.165) is 5.69 Å². The number of hydrogen-bond donors (Lipinski definition) is 2. The molecule has 7 heteroatoms. The monoisotopic (exact) mass is 359 g/mol. The number of nitrogens with zero attached hydrogens (tertiary/aromatic N) is 1. The summed E-state index contributed by atoms with van der Waals surface area (Å²) in [4.78, 5) is 28.5. The van der Waals surface area contributed by atoms with E-state index in [9.17, 15) is 9.59 Å². The van der Waals surface area contributed by atoms with Crippen LogP contribution < -0.4 is 15.4 Å². The van der Waals surface area contributed by atoms with Crippen LogP contribution in [0.2, 0.25) is 5.02 Å². The van der Waals surface area contributed by atoms with Gasteiger partial charge >= 0.3 is 0 Å². The summed E-state index contributed by atoms with van der Waals surface area (Å²) < 4.78 is 5.07. The van der Waals surface area contributed by atoms with E-state index in [-0.39, 0.29) is 23.7 Å². The van der Waals surface area contributed by atoms with Crippen LogP contribution in [-0.4, -0.2) is 23.9 Å². The molecule has 25 heavy (non-hydrogen) atoms. The van der Waals surface area contributed by atoms with E-state index >= 15 is 0 Å². The normalized spacial score (nSPS) is 18.3. The van der Waals surface area contributed by atoms with Crippen LogP contribution in [-0.2, 0) is 16.1 Å². The van der Waals surface area contributed by atoms with Gasteiger partial charge in [-0.05, 0) is 36.8 Å². The Morgan fingerprint density at radius 2 is 2.04 bits per heavy atom. The molecule has 1 aliphatic carbocycles. The molecule has 2 aromatic rings. The van der Waals surface area contributed by atoms with E-state index in [4.69, 9.17) is 16.3 Å². The molecule has 6 nitrogen and oxygen atoms in total. The summed E-state index contributed by atoms with van der Waals surface area (Å²) in [6.07, 6.45) is 2.22. The van der Waals surface area contributed by atoms with Crippen molar-refractivity contribution in [3.8, 4) is 5.75 Å². The third kappa shape index (κ3) is 4.28. The fourth-order valence-electron chi connectivity index (χ4n) is 2.57. The van der Waals surface area contributed by atoms with Gasteiger partial charge in [0.05, 0.1) is 36.2 Å². The van der Waals surface area contributed by atoms with Crippen molar-refractivity contribution < 1.29 is 14.3 Å². The Morgan fingerprint density at radius 1 is 1.24 bits per heavy atom. The molecule has 0 aliphatic heterocycles. The lowest BCUT2D eigenvalue weighted by Crippen LogP contribution is -2.27. The van der Waals surface area contributed by atoms with Gasteiger partial charge in [-0.2, -0.15) is 0 Å². The van der Waals surface area contributed by atoms with Crippen LogP contribution in [0.15, 0.2) is 42.6 Å². The molecule has 0 saturated heterocycles. The molecule has 0 radical (unpaired) electrons. The van der Waals surface area contributed by atoms with Gasteiger partial charge < -0.3 is 15.4 Å². The maximum atomic E-state index is 12.3. The summed E-state index contributed by atoms with van der Waals surface area (Å²) in [5.74, 6) is -0.377. The number of carbonyl (C=O) groups is 2. The first kappa shape index (κ1) is 17.2. The second-order valence-corrected chi connectivity index (χ2v) is 6.23. The highest BCUT2D eigenvalue weighted by molar-refractivity contribution is 6.32. The van der Waals surface area contributed by atoms with E-state index in [0.29, 0.717) is 29.4 Å². The molecule has 1 fully saturated rings. The summed E-state index contributed by atoms with van der Waals surface area (Å²) >= 11 is 6.04. The van der Waals surface area contributed by atoms with Gasteiger partial charge in [-0.25, -0.2) is 0 Å². The standard InChI is InChI=1S/C18H18ClN3O3/c1-25-16-6-5-11(8-15(16)19)22-18(24)14-9-13(14)17(23)21-10-12-4-2-3-7-20-12/h2-8,13-14H,9-10H2,1H3,(H,21,23)(H,22,24). The Kier molecular flexibility index (Phi) is 5.19. The van der Waals surface area contributed by atoms with Crippen molar-refractivity contribution in [2.24, 2.45) is 11.8 Å². The highest BCUT2D eigenvalue weighted by Crippen LogP contribution is 2.40. The van der Waals surface area contributed by atoms with Crippen molar-refractivity contribution in [3.05, 3.63) is 53.3 Å². The molecule has 0 bridgehead atoms. The second kappa shape index (κ2) is 7.53. The molecule has 2 unspecified atom stereocenters. The molecule has 1 heterocycles. The Hall–Kier alpha value is -2.60. The first-order chi connectivity index (χ1) is 12.1. The maximum absolute atomic E-state index is 12.3. The van der Waals surface area contributed by atoms with Gasteiger partial charge in [-0.15, -0.1) is 0 Å². The van der Waals surface area contributed by atoms with Crippen molar-refractivity contribution in [2.45, 2.75) is 13.0 Å². The topological polar surface area (TPSA) is 80.3 Å². The lowest BCUT2D eigenvalue weighted by molar-refractivity contribution is -0.125. The van der Waals surface area contributed by atoms with Crippen molar-refractivity contribution in [1.82, 2.24) is 10.3 Å². The summed E-state index contributed by atoms with van der Waals surface area (Å²) in [6.45, 7) is 0.360. The number of methoxy groups -OCH3 is 1. The van der Waals surface area contributed by atoms with E-state index in [2.05, 4.69) is 15.6 Å². The highest BCUT2D eigenvalue weighted by atomic mass is 35.5. The fraction of sp³-hybridized carbons (Fsp3) is 0.278. The van der Waals surface area contributed by atoms with E-state index in [1.54, 1.807) is 24.4 Å². The van der Waals surface area contributed by atoms with E-state index < -0.39 is 0 Å². The van der Waals surface area contributed by atoms with Crippen LogP contribution in [0.5, 0.6) is 5.75 Å². The summed E-state index contributed by atoms with van der Waals surface area (Å²) in [7, 11) is 1.53. The van der Waals surface area contributed by atoms with Gasteiger partial charge in [0.25, 0.3) is 0 Å². The zero-order chi connectivity index (χ0) is 17.8. The second-order valence-electron chi connectivity index (χ2n) is 5.83. The molecule has 2 amide bonds. The number of benzene rings is 1. The zero-order valence-electron chi connectivity index (χ0n) is 13.7. The van der Waals surface area contributed by atoms with Gasteiger partial charge in [0.1, 0.15) is 5.75 Å². The summed E-state index contributed by atoms with van der Waals surface area (Å²) in [5, 5.41) is 6.02. The highest BCUT2D eigenvalue weighted by Gasteiger charge is 2.47. The average Bonchev–Trinajstić information content (AvgIpc) is 3.42. The van der Waals surface area contributed by atoms with Crippen LogP contribution >= 0.6 is 11.6 Å². The molecule has 1 aromatic carbocycles. The van der Waals surface area contributed by atoms with Crippen molar-refractivity contribution in [1.29, 1.82) is 0 Å². The molecule has 0 spiro atoms. The largest absolute Gasteiger partial charge is 0.495 e. The molecule has 130 valence electrons. The minimum atomic E-state index is -0.315. The minimum absolute atomic E-state index is 0.126. The number of anilines is 1. The lowest BCUT2D eigenvalue weighted by Gasteiger charge is -2.08. The SMILES string of the molecule is COc1ccc(NC(=O)C2CC2C(=O)NCc2ccccn2)cc1Cl. The van der Waals surface area contributed by atoms with Crippen molar-refractivity contribution in [3.63, 3.8) is 0 Å². The number of aromatic nitrogens is 1. The van der Waals surface area contributed by atoms with Crippen LogP contribution in [0.4, 0.5) is 5.69 Å². The quantitative estimate of drug-likeness (QED) is 0.830. The minimum Gasteiger partial charge on any atom is -0.495 e. The number of amides is 2. The summed E-state index contributed by atoms with van der Waals surface area (Å²) in [5.41, 5.74) is 1.36. The molecular formula is C18H18ClN3O3. The Bertz CT molecular complexity index is 782. The van der Waals surface area contributed by atoms with Crippen molar-refractivity contribution >= 4 is 29.1 Å². The predicted molar refractivity (Wildman–Crippen MR) is 94.3 cm³/mol. The molecule has 1 aliphatic rings. The maximum Gasteiger partial charge on any atom is 0.228 e. The van der Waals surface area contributed by atoms with Gasteiger partial charge in [0, 0.05) is 11.9 Å². The number of rotatable bonds is 6. The van der Waals surface area contributed by atoms with Gasteiger partial charge in [0.15, 0.2) is 0 Å². The zero-order valence-corrected chi connectivity index (χ0v) is 14.4. The van der Waals surface area contributed by atoms with Crippen molar-refractivity contribution in [2.75, 3.05) is 12.4 Å².